The number of hydrogen-bond donors (Lipinski definition) is 2. The number of benzene rings is 1. The predicted molar refractivity (Wildman–Crippen MR) is 73.6 cm³/mol. The molecule has 1 rings (SSSR count). The molecular weight excluding hydrogens is 280 g/mol. The van der Waals surface area contributed by atoms with E-state index in [1.54, 1.807) is 0 Å². The van der Waals surface area contributed by atoms with Crippen LogP contribution in [0.1, 0.15) is 37.8 Å². The van der Waals surface area contributed by atoms with E-state index in [-0.39, 0.29) is 11.9 Å². The number of amides is 1. The van der Waals surface area contributed by atoms with E-state index in [0.29, 0.717) is 13.0 Å². The lowest BCUT2D eigenvalue weighted by atomic mass is 10.1. The highest BCUT2D eigenvalue weighted by molar-refractivity contribution is 9.10. The Labute approximate surface area is 111 Å². The second kappa shape index (κ2) is 7.45. The molecule has 17 heavy (non-hydrogen) atoms. The summed E-state index contributed by atoms with van der Waals surface area (Å²) in [7, 11) is 0. The molecule has 94 valence electrons. The first-order chi connectivity index (χ1) is 8.15. The molecule has 1 aromatic rings. The third kappa shape index (κ3) is 4.88. The van der Waals surface area contributed by atoms with Crippen LogP contribution in [-0.4, -0.2) is 12.5 Å². The average molecular weight is 299 g/mol. The molecular formula is C13H19BrN2O. The fraction of sp³-hybridized carbons (Fsp3) is 0.462. The third-order valence-corrected chi connectivity index (χ3v) is 3.33. The minimum atomic E-state index is 0.0240. The third-order valence-electron chi connectivity index (χ3n) is 2.61. The van der Waals surface area contributed by atoms with Crippen molar-refractivity contribution in [1.29, 1.82) is 0 Å². The molecule has 0 saturated carbocycles. The maximum Gasteiger partial charge on any atom is 0.220 e. The highest BCUT2D eigenvalue weighted by atomic mass is 79.9. The van der Waals surface area contributed by atoms with Gasteiger partial charge in [0.15, 0.2) is 0 Å². The first kappa shape index (κ1) is 14.2. The van der Waals surface area contributed by atoms with Gasteiger partial charge >= 0.3 is 0 Å². The summed E-state index contributed by atoms with van der Waals surface area (Å²) >= 11 is 3.48. The molecule has 0 aromatic heterocycles. The van der Waals surface area contributed by atoms with E-state index in [0.717, 1.165) is 22.9 Å². The molecule has 4 heteroatoms. The van der Waals surface area contributed by atoms with Crippen molar-refractivity contribution in [2.45, 2.75) is 32.2 Å². The van der Waals surface area contributed by atoms with Crippen molar-refractivity contribution < 1.29 is 4.79 Å². The van der Waals surface area contributed by atoms with Crippen LogP contribution in [0.3, 0.4) is 0 Å². The molecule has 0 heterocycles. The van der Waals surface area contributed by atoms with Crippen LogP contribution in [0.25, 0.3) is 0 Å². The summed E-state index contributed by atoms with van der Waals surface area (Å²) in [4.78, 5) is 11.6. The number of carbonyl (C=O) groups excluding carboxylic acids is 1. The van der Waals surface area contributed by atoms with Gasteiger partial charge in [0.25, 0.3) is 0 Å². The van der Waals surface area contributed by atoms with Crippen molar-refractivity contribution >= 4 is 21.8 Å². The largest absolute Gasteiger partial charge is 0.350 e. The zero-order chi connectivity index (χ0) is 12.7. The maximum absolute atomic E-state index is 11.6. The zero-order valence-electron chi connectivity index (χ0n) is 10.1. The molecule has 1 aromatic carbocycles. The Morgan fingerprint density at radius 1 is 1.41 bits per heavy atom. The highest BCUT2D eigenvalue weighted by Crippen LogP contribution is 2.22. The molecule has 0 saturated heterocycles. The van der Waals surface area contributed by atoms with E-state index in [1.165, 1.54) is 0 Å². The first-order valence-electron chi connectivity index (χ1n) is 5.89. The normalized spacial score (nSPS) is 12.2. The van der Waals surface area contributed by atoms with Crippen molar-refractivity contribution in [1.82, 2.24) is 5.32 Å². The Balaban J connectivity index is 2.46. The molecule has 0 bridgehead atoms. The summed E-state index contributed by atoms with van der Waals surface area (Å²) in [6, 6.07) is 7.94. The van der Waals surface area contributed by atoms with Crippen molar-refractivity contribution in [3.63, 3.8) is 0 Å². The van der Waals surface area contributed by atoms with Gasteiger partial charge in [0, 0.05) is 10.9 Å². The second-order valence-corrected chi connectivity index (χ2v) is 4.91. The molecule has 0 spiro atoms. The topological polar surface area (TPSA) is 55.1 Å². The van der Waals surface area contributed by atoms with Gasteiger partial charge in [0.05, 0.1) is 6.04 Å². The van der Waals surface area contributed by atoms with E-state index in [4.69, 9.17) is 5.73 Å². The van der Waals surface area contributed by atoms with E-state index in [9.17, 15) is 4.79 Å². The fourth-order valence-corrected chi connectivity index (χ4v) is 2.28. The number of unbranched alkanes of at least 4 members (excludes halogenated alkanes) is 1. The van der Waals surface area contributed by atoms with Crippen LogP contribution in [-0.2, 0) is 4.79 Å². The van der Waals surface area contributed by atoms with Crippen molar-refractivity contribution in [2.75, 3.05) is 6.54 Å². The minimum absolute atomic E-state index is 0.0240. The molecule has 3 N–H and O–H groups in total. The Morgan fingerprint density at radius 3 is 2.76 bits per heavy atom. The summed E-state index contributed by atoms with van der Waals surface area (Å²) in [5.41, 5.74) is 6.49. The van der Waals surface area contributed by atoms with Crippen molar-refractivity contribution in [3.05, 3.63) is 34.3 Å². The summed E-state index contributed by atoms with van der Waals surface area (Å²) in [5, 5.41) is 2.99. The number of halogens is 1. The molecule has 0 radical (unpaired) electrons. The Morgan fingerprint density at radius 2 is 2.12 bits per heavy atom. The monoisotopic (exact) mass is 298 g/mol. The fourth-order valence-electron chi connectivity index (χ4n) is 1.65. The van der Waals surface area contributed by atoms with Gasteiger partial charge in [-0.3, -0.25) is 4.79 Å². The number of hydrogen-bond acceptors (Lipinski definition) is 2. The van der Waals surface area contributed by atoms with Crippen LogP contribution in [0.4, 0.5) is 0 Å². The van der Waals surface area contributed by atoms with Crippen LogP contribution in [0.15, 0.2) is 28.7 Å². The standard InChI is InChI=1S/C13H19BrN2O/c1-10(11-6-2-3-7-12(11)14)16-13(17)8-4-5-9-15/h2-3,6-7,10H,4-5,8-9,15H2,1H3,(H,16,17)/t10-/m1/s1. The molecule has 0 aliphatic rings. The Hall–Kier alpha value is -0.870. The van der Waals surface area contributed by atoms with E-state index >= 15 is 0 Å². The zero-order valence-corrected chi connectivity index (χ0v) is 11.7. The number of rotatable bonds is 6. The van der Waals surface area contributed by atoms with Gasteiger partial charge in [-0.2, -0.15) is 0 Å². The van der Waals surface area contributed by atoms with Gasteiger partial charge < -0.3 is 11.1 Å². The lowest BCUT2D eigenvalue weighted by Crippen LogP contribution is -2.26. The lowest BCUT2D eigenvalue weighted by molar-refractivity contribution is -0.121. The SMILES string of the molecule is C[C@@H](NC(=O)CCCCN)c1ccccc1Br. The predicted octanol–water partition coefficient (Wildman–Crippen LogP) is 2.76. The molecule has 0 aliphatic heterocycles. The van der Waals surface area contributed by atoms with Crippen LogP contribution in [0.5, 0.6) is 0 Å². The van der Waals surface area contributed by atoms with E-state index in [1.807, 2.05) is 31.2 Å². The van der Waals surface area contributed by atoms with Gasteiger partial charge in [-0.15, -0.1) is 0 Å². The van der Waals surface area contributed by atoms with Crippen molar-refractivity contribution in [3.8, 4) is 0 Å². The number of carbonyl (C=O) groups is 1. The first-order valence-corrected chi connectivity index (χ1v) is 6.68. The summed E-state index contributed by atoms with van der Waals surface area (Å²) in [5.74, 6) is 0.0849. The Kier molecular flexibility index (Phi) is 6.22. The molecule has 3 nitrogen and oxygen atoms in total. The van der Waals surface area contributed by atoms with E-state index < -0.39 is 0 Å². The van der Waals surface area contributed by atoms with E-state index in [2.05, 4.69) is 21.2 Å². The summed E-state index contributed by atoms with van der Waals surface area (Å²) in [6.45, 7) is 2.63. The van der Waals surface area contributed by atoms with Gasteiger partial charge in [0.1, 0.15) is 0 Å². The molecule has 0 fully saturated rings. The van der Waals surface area contributed by atoms with Crippen LogP contribution >= 0.6 is 15.9 Å². The average Bonchev–Trinajstić information content (AvgIpc) is 2.29. The molecule has 1 atom stereocenters. The van der Waals surface area contributed by atoms with Gasteiger partial charge in [0.2, 0.25) is 5.91 Å². The van der Waals surface area contributed by atoms with Crippen LogP contribution in [0.2, 0.25) is 0 Å². The molecule has 1 amide bonds. The lowest BCUT2D eigenvalue weighted by Gasteiger charge is -2.15. The van der Waals surface area contributed by atoms with Gasteiger partial charge in [-0.25, -0.2) is 0 Å². The van der Waals surface area contributed by atoms with Crippen LogP contribution in [0, 0.1) is 0 Å². The maximum atomic E-state index is 11.6. The van der Waals surface area contributed by atoms with Crippen molar-refractivity contribution in [2.24, 2.45) is 5.73 Å². The number of nitrogens with one attached hydrogen (secondary N) is 1. The van der Waals surface area contributed by atoms with Gasteiger partial charge in [-0.05, 0) is 37.9 Å². The smallest absolute Gasteiger partial charge is 0.220 e. The summed E-state index contributed by atoms with van der Waals surface area (Å²) < 4.78 is 1.02. The minimum Gasteiger partial charge on any atom is -0.350 e. The highest BCUT2D eigenvalue weighted by Gasteiger charge is 2.11. The van der Waals surface area contributed by atoms with Crippen LogP contribution < -0.4 is 11.1 Å². The summed E-state index contributed by atoms with van der Waals surface area (Å²) in [6.07, 6.45) is 2.30. The quantitative estimate of drug-likeness (QED) is 0.794. The molecule has 0 unspecified atom stereocenters. The number of nitrogens with two attached hydrogens (primary N) is 1. The Bertz CT molecular complexity index is 368. The second-order valence-electron chi connectivity index (χ2n) is 4.06. The van der Waals surface area contributed by atoms with Gasteiger partial charge in [-0.1, -0.05) is 34.1 Å². The molecule has 0 aliphatic carbocycles.